The lowest BCUT2D eigenvalue weighted by atomic mass is 10.2. The number of rotatable bonds is 3. The van der Waals surface area contributed by atoms with Crippen molar-refractivity contribution in [3.05, 3.63) is 41.8 Å². The summed E-state index contributed by atoms with van der Waals surface area (Å²) < 4.78 is 1.93. The van der Waals surface area contributed by atoms with Crippen molar-refractivity contribution in [3.8, 4) is 17.5 Å². The number of fused-ring (bicyclic) bond motifs is 1. The molecule has 0 N–H and O–H groups in total. The highest BCUT2D eigenvalue weighted by Crippen LogP contribution is 2.25. The number of nitrogens with zero attached hydrogens (tertiary/aromatic N) is 5. The standard InChI is InChI=1S/C14H10ClN5/c15-11-8-12-14(18-9-11)20(7-1-4-16)13(19-12)10-2-5-17-6-3-10/h2-3,5-6,8-9H,1,7H2. The first-order valence-electron chi connectivity index (χ1n) is 6.09. The van der Waals surface area contributed by atoms with Crippen molar-refractivity contribution in [2.75, 3.05) is 0 Å². The minimum Gasteiger partial charge on any atom is -0.308 e. The smallest absolute Gasteiger partial charge is 0.160 e. The molecule has 0 fully saturated rings. The van der Waals surface area contributed by atoms with Gasteiger partial charge in [-0.15, -0.1) is 0 Å². The summed E-state index contributed by atoms with van der Waals surface area (Å²) in [6.07, 6.45) is 5.41. The van der Waals surface area contributed by atoms with Gasteiger partial charge in [-0.2, -0.15) is 5.26 Å². The Morgan fingerprint density at radius 1 is 1.30 bits per heavy atom. The van der Waals surface area contributed by atoms with Crippen molar-refractivity contribution in [1.29, 1.82) is 5.26 Å². The average Bonchev–Trinajstić information content (AvgIpc) is 2.83. The normalized spacial score (nSPS) is 10.6. The van der Waals surface area contributed by atoms with E-state index >= 15 is 0 Å². The molecule has 0 bridgehead atoms. The Bertz CT molecular complexity index is 788. The minimum absolute atomic E-state index is 0.397. The van der Waals surface area contributed by atoms with E-state index in [0.29, 0.717) is 18.0 Å². The predicted octanol–water partition coefficient (Wildman–Crippen LogP) is 3.06. The molecule has 3 rings (SSSR count). The summed E-state index contributed by atoms with van der Waals surface area (Å²) in [5, 5.41) is 9.35. The Labute approximate surface area is 120 Å². The first-order valence-corrected chi connectivity index (χ1v) is 6.46. The molecule has 20 heavy (non-hydrogen) atoms. The summed E-state index contributed by atoms with van der Waals surface area (Å²) >= 11 is 5.96. The fourth-order valence-corrected chi connectivity index (χ4v) is 2.23. The van der Waals surface area contributed by atoms with Crippen LogP contribution in [0, 0.1) is 11.3 Å². The number of nitriles is 1. The Morgan fingerprint density at radius 3 is 2.85 bits per heavy atom. The van der Waals surface area contributed by atoms with Crippen LogP contribution in [0.5, 0.6) is 0 Å². The summed E-state index contributed by atoms with van der Waals surface area (Å²) in [6, 6.07) is 7.68. The molecule has 98 valence electrons. The lowest BCUT2D eigenvalue weighted by Crippen LogP contribution is -2.01. The molecular formula is C14H10ClN5. The van der Waals surface area contributed by atoms with Crippen molar-refractivity contribution < 1.29 is 0 Å². The van der Waals surface area contributed by atoms with Crippen molar-refractivity contribution >= 4 is 22.8 Å². The van der Waals surface area contributed by atoms with Gasteiger partial charge < -0.3 is 4.57 Å². The molecule has 0 unspecified atom stereocenters. The third-order valence-electron chi connectivity index (χ3n) is 2.94. The zero-order chi connectivity index (χ0) is 13.9. The Morgan fingerprint density at radius 2 is 2.10 bits per heavy atom. The quantitative estimate of drug-likeness (QED) is 0.741. The van der Waals surface area contributed by atoms with Crippen LogP contribution in [-0.2, 0) is 6.54 Å². The monoisotopic (exact) mass is 283 g/mol. The molecule has 0 spiro atoms. The first-order chi connectivity index (χ1) is 9.79. The Balaban J connectivity index is 2.22. The zero-order valence-corrected chi connectivity index (χ0v) is 11.2. The lowest BCUT2D eigenvalue weighted by molar-refractivity contribution is 0.737. The number of aryl methyl sites for hydroxylation is 1. The fraction of sp³-hybridized carbons (Fsp3) is 0.143. The van der Waals surface area contributed by atoms with Crippen LogP contribution < -0.4 is 0 Å². The van der Waals surface area contributed by atoms with E-state index < -0.39 is 0 Å². The molecule has 3 aromatic rings. The van der Waals surface area contributed by atoms with E-state index in [2.05, 4.69) is 21.0 Å². The Kier molecular flexibility index (Phi) is 3.32. The van der Waals surface area contributed by atoms with E-state index in [4.69, 9.17) is 16.9 Å². The summed E-state index contributed by atoms with van der Waals surface area (Å²) in [7, 11) is 0. The summed E-state index contributed by atoms with van der Waals surface area (Å²) in [6.45, 7) is 0.541. The number of halogens is 1. The second-order valence-corrected chi connectivity index (χ2v) is 4.66. The van der Waals surface area contributed by atoms with E-state index in [1.807, 2.05) is 16.7 Å². The molecule has 0 aliphatic heterocycles. The molecule has 0 saturated heterocycles. The van der Waals surface area contributed by atoms with Gasteiger partial charge in [0.15, 0.2) is 5.65 Å². The van der Waals surface area contributed by atoms with Crippen LogP contribution >= 0.6 is 11.6 Å². The van der Waals surface area contributed by atoms with Crippen molar-refractivity contribution in [1.82, 2.24) is 19.5 Å². The van der Waals surface area contributed by atoms with E-state index in [1.54, 1.807) is 24.7 Å². The topological polar surface area (TPSA) is 67.4 Å². The number of pyridine rings is 2. The number of aromatic nitrogens is 4. The molecule has 0 amide bonds. The van der Waals surface area contributed by atoms with Crippen LogP contribution in [0.1, 0.15) is 6.42 Å². The highest BCUT2D eigenvalue weighted by molar-refractivity contribution is 6.31. The molecule has 0 radical (unpaired) electrons. The van der Waals surface area contributed by atoms with Crippen LogP contribution in [0.25, 0.3) is 22.6 Å². The van der Waals surface area contributed by atoms with Gasteiger partial charge >= 0.3 is 0 Å². The van der Waals surface area contributed by atoms with Crippen molar-refractivity contribution in [2.45, 2.75) is 13.0 Å². The largest absolute Gasteiger partial charge is 0.308 e. The highest BCUT2D eigenvalue weighted by Gasteiger charge is 2.13. The van der Waals surface area contributed by atoms with E-state index in [0.717, 1.165) is 22.6 Å². The summed E-state index contributed by atoms with van der Waals surface area (Å²) in [4.78, 5) is 12.9. The SMILES string of the molecule is N#CCCn1c(-c2ccncc2)nc2cc(Cl)cnc21. The van der Waals surface area contributed by atoms with E-state index in [1.165, 1.54) is 0 Å². The van der Waals surface area contributed by atoms with Crippen LogP contribution in [0.3, 0.4) is 0 Å². The molecule has 6 heteroatoms. The fourth-order valence-electron chi connectivity index (χ4n) is 2.08. The van der Waals surface area contributed by atoms with Gasteiger partial charge in [0.25, 0.3) is 0 Å². The van der Waals surface area contributed by atoms with Gasteiger partial charge in [-0.3, -0.25) is 4.98 Å². The first kappa shape index (κ1) is 12.6. The summed E-state index contributed by atoms with van der Waals surface area (Å²) in [5.74, 6) is 0.771. The number of hydrogen-bond acceptors (Lipinski definition) is 4. The molecule has 0 saturated carbocycles. The maximum atomic E-state index is 8.81. The van der Waals surface area contributed by atoms with Crippen LogP contribution in [0.4, 0.5) is 0 Å². The van der Waals surface area contributed by atoms with Gasteiger partial charge in [0.1, 0.15) is 11.3 Å². The van der Waals surface area contributed by atoms with Crippen molar-refractivity contribution in [2.24, 2.45) is 0 Å². The molecule has 0 aliphatic carbocycles. The zero-order valence-electron chi connectivity index (χ0n) is 10.5. The third-order valence-corrected chi connectivity index (χ3v) is 3.14. The van der Waals surface area contributed by atoms with Gasteiger partial charge in [-0.05, 0) is 18.2 Å². The average molecular weight is 284 g/mol. The predicted molar refractivity (Wildman–Crippen MR) is 76.0 cm³/mol. The van der Waals surface area contributed by atoms with Gasteiger partial charge in [0, 0.05) is 30.7 Å². The van der Waals surface area contributed by atoms with E-state index in [-0.39, 0.29) is 0 Å². The van der Waals surface area contributed by atoms with Gasteiger partial charge in [-0.1, -0.05) is 11.6 Å². The molecule has 0 aromatic carbocycles. The van der Waals surface area contributed by atoms with Crippen molar-refractivity contribution in [3.63, 3.8) is 0 Å². The van der Waals surface area contributed by atoms with Gasteiger partial charge in [0.2, 0.25) is 0 Å². The van der Waals surface area contributed by atoms with Gasteiger partial charge in [0.05, 0.1) is 17.5 Å². The molecule has 3 aromatic heterocycles. The molecule has 5 nitrogen and oxygen atoms in total. The second kappa shape index (κ2) is 5.27. The summed E-state index contributed by atoms with van der Waals surface area (Å²) in [5.41, 5.74) is 2.39. The number of imidazole rings is 1. The second-order valence-electron chi connectivity index (χ2n) is 4.23. The van der Waals surface area contributed by atoms with Crippen LogP contribution in [0.15, 0.2) is 36.8 Å². The highest BCUT2D eigenvalue weighted by atomic mass is 35.5. The maximum Gasteiger partial charge on any atom is 0.160 e. The Hall–Kier alpha value is -2.45. The molecule has 3 heterocycles. The molecular weight excluding hydrogens is 274 g/mol. The lowest BCUT2D eigenvalue weighted by Gasteiger charge is -2.05. The minimum atomic E-state index is 0.397. The molecule has 0 aliphatic rings. The van der Waals surface area contributed by atoms with Gasteiger partial charge in [-0.25, -0.2) is 9.97 Å². The maximum absolute atomic E-state index is 8.81. The van der Waals surface area contributed by atoms with Crippen LogP contribution in [0.2, 0.25) is 5.02 Å². The van der Waals surface area contributed by atoms with E-state index in [9.17, 15) is 0 Å². The molecule has 0 atom stereocenters. The third kappa shape index (κ3) is 2.22. The number of hydrogen-bond donors (Lipinski definition) is 0. The van der Waals surface area contributed by atoms with Crippen LogP contribution in [-0.4, -0.2) is 19.5 Å².